The summed E-state index contributed by atoms with van der Waals surface area (Å²) in [6.45, 7) is 0.0609. The first-order chi connectivity index (χ1) is 7.85. The second kappa shape index (κ2) is 5.14. The highest BCUT2D eigenvalue weighted by Gasteiger charge is 2.18. The third kappa shape index (κ3) is 2.25. The molecule has 2 nitrogen and oxygen atoms in total. The standard InChI is InChI=1S/C14H17NO/c15-9-13-7-6-11(10-16)8-14(13)12-4-2-1-3-5-12/h6-8,12,16H,1-5,10H2. The van der Waals surface area contributed by atoms with Crippen molar-refractivity contribution in [2.75, 3.05) is 0 Å². The minimum atomic E-state index is 0.0609. The molecule has 2 rings (SSSR count). The van der Waals surface area contributed by atoms with Crippen molar-refractivity contribution < 1.29 is 5.11 Å². The molecule has 1 aliphatic rings. The molecule has 1 aromatic carbocycles. The molecule has 84 valence electrons. The molecule has 0 aromatic heterocycles. The highest BCUT2D eigenvalue weighted by molar-refractivity contribution is 5.42. The minimum Gasteiger partial charge on any atom is -0.392 e. The molecule has 1 aliphatic carbocycles. The summed E-state index contributed by atoms with van der Waals surface area (Å²) in [5.41, 5.74) is 2.84. The van der Waals surface area contributed by atoms with Crippen LogP contribution in [0.1, 0.15) is 54.7 Å². The molecule has 1 aromatic rings. The van der Waals surface area contributed by atoms with Crippen LogP contribution in [0.25, 0.3) is 0 Å². The van der Waals surface area contributed by atoms with E-state index in [4.69, 9.17) is 10.4 Å². The Bertz CT molecular complexity index is 400. The van der Waals surface area contributed by atoms with E-state index >= 15 is 0 Å². The van der Waals surface area contributed by atoms with Crippen LogP contribution in [0.15, 0.2) is 18.2 Å². The van der Waals surface area contributed by atoms with Gasteiger partial charge >= 0.3 is 0 Å². The number of benzene rings is 1. The van der Waals surface area contributed by atoms with Gasteiger partial charge in [0.15, 0.2) is 0 Å². The Morgan fingerprint density at radius 2 is 2.00 bits per heavy atom. The summed E-state index contributed by atoms with van der Waals surface area (Å²) in [6.07, 6.45) is 6.21. The number of aliphatic hydroxyl groups is 1. The van der Waals surface area contributed by atoms with Crippen molar-refractivity contribution in [1.29, 1.82) is 5.26 Å². The van der Waals surface area contributed by atoms with Crippen molar-refractivity contribution in [3.05, 3.63) is 34.9 Å². The van der Waals surface area contributed by atoms with Crippen molar-refractivity contribution in [3.63, 3.8) is 0 Å². The topological polar surface area (TPSA) is 44.0 Å². The third-order valence-electron chi connectivity index (χ3n) is 3.46. The summed E-state index contributed by atoms with van der Waals surface area (Å²) in [6, 6.07) is 7.95. The Morgan fingerprint density at radius 3 is 2.62 bits per heavy atom. The van der Waals surface area contributed by atoms with Crippen molar-refractivity contribution >= 4 is 0 Å². The Morgan fingerprint density at radius 1 is 1.25 bits per heavy atom. The summed E-state index contributed by atoms with van der Waals surface area (Å²) in [5, 5.41) is 18.2. The summed E-state index contributed by atoms with van der Waals surface area (Å²) >= 11 is 0. The Labute approximate surface area is 96.5 Å². The molecule has 0 radical (unpaired) electrons. The number of nitriles is 1. The molecule has 2 heteroatoms. The Balaban J connectivity index is 2.32. The summed E-state index contributed by atoms with van der Waals surface area (Å²) < 4.78 is 0. The van der Waals surface area contributed by atoms with E-state index in [-0.39, 0.29) is 6.61 Å². The van der Waals surface area contributed by atoms with Crippen LogP contribution in [0.3, 0.4) is 0 Å². The first-order valence-corrected chi connectivity index (χ1v) is 5.99. The van der Waals surface area contributed by atoms with E-state index in [0.29, 0.717) is 5.92 Å². The molecular formula is C14H17NO. The highest BCUT2D eigenvalue weighted by Crippen LogP contribution is 2.34. The molecule has 0 bridgehead atoms. The molecule has 16 heavy (non-hydrogen) atoms. The molecule has 0 unspecified atom stereocenters. The molecule has 0 aliphatic heterocycles. The molecule has 1 saturated carbocycles. The normalized spacial score (nSPS) is 17.0. The summed E-state index contributed by atoms with van der Waals surface area (Å²) in [7, 11) is 0. The van der Waals surface area contributed by atoms with Crippen LogP contribution in [-0.4, -0.2) is 5.11 Å². The zero-order chi connectivity index (χ0) is 11.4. The quantitative estimate of drug-likeness (QED) is 0.823. The molecule has 0 spiro atoms. The maximum atomic E-state index is 9.14. The van der Waals surface area contributed by atoms with Gasteiger partial charge in [0.05, 0.1) is 18.2 Å². The van der Waals surface area contributed by atoms with E-state index in [1.807, 2.05) is 18.2 Å². The van der Waals surface area contributed by atoms with Crippen LogP contribution < -0.4 is 0 Å². The summed E-state index contributed by atoms with van der Waals surface area (Å²) in [5.74, 6) is 0.523. The van der Waals surface area contributed by atoms with Gasteiger partial charge in [-0.3, -0.25) is 0 Å². The van der Waals surface area contributed by atoms with Crippen molar-refractivity contribution in [2.45, 2.75) is 44.6 Å². The number of rotatable bonds is 2. The maximum absolute atomic E-state index is 9.14. The van der Waals surface area contributed by atoms with Gasteiger partial charge in [0.2, 0.25) is 0 Å². The third-order valence-corrected chi connectivity index (χ3v) is 3.46. The van der Waals surface area contributed by atoms with Gasteiger partial charge in [-0.1, -0.05) is 31.4 Å². The first-order valence-electron chi connectivity index (χ1n) is 5.99. The van der Waals surface area contributed by atoms with Gasteiger partial charge in [-0.05, 0) is 36.0 Å². The predicted octanol–water partition coefficient (Wildman–Crippen LogP) is 3.10. The zero-order valence-corrected chi connectivity index (χ0v) is 9.45. The largest absolute Gasteiger partial charge is 0.392 e. The smallest absolute Gasteiger partial charge is 0.0994 e. The SMILES string of the molecule is N#Cc1ccc(CO)cc1C1CCCCC1. The van der Waals surface area contributed by atoms with Crippen molar-refractivity contribution in [3.8, 4) is 6.07 Å². The van der Waals surface area contributed by atoms with Crippen LogP contribution in [0.2, 0.25) is 0 Å². The number of aliphatic hydroxyl groups excluding tert-OH is 1. The van der Waals surface area contributed by atoms with Crippen LogP contribution in [-0.2, 0) is 6.61 Å². The monoisotopic (exact) mass is 215 g/mol. The number of hydrogen-bond acceptors (Lipinski definition) is 2. The molecule has 0 amide bonds. The fourth-order valence-electron chi connectivity index (χ4n) is 2.56. The molecule has 0 saturated heterocycles. The van der Waals surface area contributed by atoms with E-state index in [0.717, 1.165) is 16.7 Å². The second-order valence-electron chi connectivity index (χ2n) is 4.53. The minimum absolute atomic E-state index is 0.0609. The van der Waals surface area contributed by atoms with Crippen LogP contribution in [0.5, 0.6) is 0 Å². The Hall–Kier alpha value is -1.33. The zero-order valence-electron chi connectivity index (χ0n) is 9.45. The van der Waals surface area contributed by atoms with E-state index < -0.39 is 0 Å². The fourth-order valence-corrected chi connectivity index (χ4v) is 2.56. The summed E-state index contributed by atoms with van der Waals surface area (Å²) in [4.78, 5) is 0. The van der Waals surface area contributed by atoms with Gasteiger partial charge < -0.3 is 5.11 Å². The van der Waals surface area contributed by atoms with Crippen LogP contribution in [0, 0.1) is 11.3 Å². The molecule has 0 atom stereocenters. The lowest BCUT2D eigenvalue weighted by Gasteiger charge is -2.23. The Kier molecular flexibility index (Phi) is 3.58. The van der Waals surface area contributed by atoms with E-state index in [1.165, 1.54) is 32.1 Å². The van der Waals surface area contributed by atoms with Crippen molar-refractivity contribution in [1.82, 2.24) is 0 Å². The molecule has 1 fully saturated rings. The first kappa shape index (κ1) is 11.2. The van der Waals surface area contributed by atoms with Crippen LogP contribution >= 0.6 is 0 Å². The van der Waals surface area contributed by atoms with Gasteiger partial charge in [0.25, 0.3) is 0 Å². The van der Waals surface area contributed by atoms with Crippen LogP contribution in [0.4, 0.5) is 0 Å². The van der Waals surface area contributed by atoms with E-state index in [2.05, 4.69) is 6.07 Å². The second-order valence-corrected chi connectivity index (χ2v) is 4.53. The number of nitrogens with zero attached hydrogens (tertiary/aromatic N) is 1. The van der Waals surface area contributed by atoms with Crippen molar-refractivity contribution in [2.24, 2.45) is 0 Å². The fraction of sp³-hybridized carbons (Fsp3) is 0.500. The van der Waals surface area contributed by atoms with E-state index in [1.54, 1.807) is 0 Å². The average Bonchev–Trinajstić information content (AvgIpc) is 2.39. The lowest BCUT2D eigenvalue weighted by Crippen LogP contribution is -2.07. The lowest BCUT2D eigenvalue weighted by atomic mass is 9.82. The number of hydrogen-bond donors (Lipinski definition) is 1. The molecular weight excluding hydrogens is 198 g/mol. The van der Waals surface area contributed by atoms with Gasteiger partial charge in [-0.15, -0.1) is 0 Å². The maximum Gasteiger partial charge on any atom is 0.0994 e. The molecule has 1 N–H and O–H groups in total. The average molecular weight is 215 g/mol. The highest BCUT2D eigenvalue weighted by atomic mass is 16.3. The van der Waals surface area contributed by atoms with Gasteiger partial charge in [-0.25, -0.2) is 0 Å². The lowest BCUT2D eigenvalue weighted by molar-refractivity contribution is 0.281. The van der Waals surface area contributed by atoms with Gasteiger partial charge in [-0.2, -0.15) is 5.26 Å². The molecule has 0 heterocycles. The predicted molar refractivity (Wildman–Crippen MR) is 62.9 cm³/mol. The van der Waals surface area contributed by atoms with Gasteiger partial charge in [0.1, 0.15) is 0 Å². The van der Waals surface area contributed by atoms with E-state index in [9.17, 15) is 0 Å². The van der Waals surface area contributed by atoms with Gasteiger partial charge in [0, 0.05) is 0 Å².